The predicted octanol–water partition coefficient (Wildman–Crippen LogP) is 8.32. The van der Waals surface area contributed by atoms with Gasteiger partial charge < -0.3 is 20.2 Å². The van der Waals surface area contributed by atoms with Gasteiger partial charge in [-0.15, -0.1) is 29.5 Å². The number of ether oxygens (including phenoxy) is 1. The molecule has 0 saturated carbocycles. The van der Waals surface area contributed by atoms with Gasteiger partial charge in [0.2, 0.25) is 0 Å². The zero-order chi connectivity index (χ0) is 42.2. The minimum Gasteiger partial charge on any atom is -0.448 e. The van der Waals surface area contributed by atoms with E-state index in [2.05, 4.69) is 80.7 Å². The Morgan fingerprint density at radius 3 is 1.89 bits per heavy atom. The lowest BCUT2D eigenvalue weighted by atomic mass is 9.77. The number of aromatic nitrogens is 1. The van der Waals surface area contributed by atoms with Gasteiger partial charge in [-0.25, -0.2) is 9.78 Å². The van der Waals surface area contributed by atoms with E-state index >= 15 is 0 Å². The first-order valence-corrected chi connectivity index (χ1v) is 22.8. The van der Waals surface area contributed by atoms with Crippen LogP contribution in [0.5, 0.6) is 0 Å². The van der Waals surface area contributed by atoms with E-state index in [1.807, 2.05) is 115 Å². The van der Waals surface area contributed by atoms with Gasteiger partial charge >= 0.3 is 5.97 Å². The monoisotopic (exact) mass is 955 g/mol. The molecule has 3 heterocycles. The number of fused-ring (bicyclic) bond motifs is 1. The summed E-state index contributed by atoms with van der Waals surface area (Å²) < 4.78 is 6.74. The number of hydrogen-bond acceptors (Lipinski definition) is 10. The van der Waals surface area contributed by atoms with Crippen LogP contribution in [-0.4, -0.2) is 61.6 Å². The molecule has 0 spiro atoms. The number of halogens is 1. The van der Waals surface area contributed by atoms with Crippen LogP contribution in [0.3, 0.4) is 0 Å². The molecule has 61 heavy (non-hydrogen) atoms. The maximum absolute atomic E-state index is 14.2. The number of alkyl halides is 1. The number of benzene rings is 5. The van der Waals surface area contributed by atoms with Gasteiger partial charge in [-0.05, 0) is 33.4 Å². The number of β-lactam (4-membered cyclic amide) rings is 1. The van der Waals surface area contributed by atoms with Gasteiger partial charge in [0.05, 0.1) is 0 Å². The van der Waals surface area contributed by atoms with E-state index in [0.29, 0.717) is 15.3 Å². The van der Waals surface area contributed by atoms with E-state index in [1.54, 1.807) is 5.38 Å². The molecule has 2 atom stereocenters. The lowest BCUT2D eigenvalue weighted by Crippen LogP contribution is -2.71. The Morgan fingerprint density at radius 2 is 1.38 bits per heavy atom. The van der Waals surface area contributed by atoms with Gasteiger partial charge in [-0.1, -0.05) is 185 Å². The Morgan fingerprint density at radius 1 is 0.852 bits per heavy atom. The van der Waals surface area contributed by atoms with Crippen LogP contribution in [0.25, 0.3) is 0 Å². The lowest BCUT2D eigenvalue weighted by molar-refractivity contribution is -0.154. The quantitative estimate of drug-likeness (QED) is 0.0121. The molecule has 8 rings (SSSR count). The minimum absolute atomic E-state index is 0.159. The van der Waals surface area contributed by atoms with Crippen LogP contribution in [-0.2, 0) is 29.5 Å². The third kappa shape index (κ3) is 8.56. The van der Waals surface area contributed by atoms with E-state index in [-0.39, 0.29) is 23.7 Å². The summed E-state index contributed by atoms with van der Waals surface area (Å²) in [6.07, 6.45) is 4.77. The molecule has 1 saturated heterocycles. The van der Waals surface area contributed by atoms with Gasteiger partial charge in [0.25, 0.3) is 11.8 Å². The number of rotatable bonds is 15. The second-order valence-corrected chi connectivity index (χ2v) is 16.7. The standard InChI is InChI=1S/C48H38IN5O5S2/c1-2-28-58-53-39(38-31-61-47(50-38)52-48(35-22-12-5-13-23-35,36-24-14-6-15-25-36)37-26-16-7-17-27-37)43(55)51-40-44(56)54-41(34(29-49)30-60-45(40)54)46(57)59-42(32-18-8-3-9-19-32)33-20-10-4-11-21-33/h1,3-27,31,40,42,45H,28-30H2,(H,50,52)(H,51,55)/b53-39+/t40-,45-/m1/s1. The Balaban J connectivity index is 1.05. The van der Waals surface area contributed by atoms with Gasteiger partial charge in [0, 0.05) is 15.6 Å². The number of carbonyl (C=O) groups is 3. The van der Waals surface area contributed by atoms with Crippen LogP contribution >= 0.6 is 45.7 Å². The lowest BCUT2D eigenvalue weighted by Gasteiger charge is -2.49. The Bertz CT molecular complexity index is 2470. The molecule has 2 amide bonds. The van der Waals surface area contributed by atoms with Gasteiger partial charge in [-0.2, -0.15) is 0 Å². The van der Waals surface area contributed by atoms with Crippen LogP contribution in [0.4, 0.5) is 5.13 Å². The normalized spacial score (nSPS) is 16.2. The van der Waals surface area contributed by atoms with Crippen molar-refractivity contribution >= 4 is 74.3 Å². The fraction of sp³-hybridized carbons (Fsp3) is 0.146. The molecule has 5 aromatic carbocycles. The first-order valence-electron chi connectivity index (χ1n) is 19.3. The number of terminal acetylenes is 1. The van der Waals surface area contributed by atoms with Crippen molar-refractivity contribution in [3.63, 3.8) is 0 Å². The molecule has 0 unspecified atom stereocenters. The van der Waals surface area contributed by atoms with Crippen LogP contribution in [0.1, 0.15) is 39.6 Å². The number of amides is 2. The number of hydrogen-bond donors (Lipinski definition) is 2. The van der Waals surface area contributed by atoms with Crippen molar-refractivity contribution in [2.24, 2.45) is 5.16 Å². The molecular formula is C48H38IN5O5S2. The highest BCUT2D eigenvalue weighted by Gasteiger charge is 2.55. The Labute approximate surface area is 375 Å². The first-order chi connectivity index (χ1) is 29.9. The van der Waals surface area contributed by atoms with Gasteiger partial charge in [0.1, 0.15) is 28.3 Å². The van der Waals surface area contributed by atoms with Gasteiger partial charge in [-0.3, -0.25) is 14.5 Å². The number of esters is 1. The van der Waals surface area contributed by atoms with E-state index in [4.69, 9.17) is 21.0 Å². The van der Waals surface area contributed by atoms with E-state index in [1.165, 1.54) is 28.0 Å². The molecule has 2 aliphatic heterocycles. The molecule has 2 N–H and O–H groups in total. The van der Waals surface area contributed by atoms with Crippen LogP contribution in [0, 0.1) is 12.3 Å². The summed E-state index contributed by atoms with van der Waals surface area (Å²) in [5.74, 6) is 1.09. The van der Waals surface area contributed by atoms with Crippen molar-refractivity contribution in [3.8, 4) is 12.3 Å². The summed E-state index contributed by atoms with van der Waals surface area (Å²) in [5.41, 5.74) is 4.68. The number of nitrogens with zero attached hydrogens (tertiary/aromatic N) is 3. The molecule has 1 fully saturated rings. The summed E-state index contributed by atoms with van der Waals surface area (Å²) in [4.78, 5) is 54.1. The van der Waals surface area contributed by atoms with Crippen molar-refractivity contribution in [2.45, 2.75) is 23.1 Å². The average molecular weight is 956 g/mol. The summed E-state index contributed by atoms with van der Waals surface area (Å²) in [6.45, 7) is -0.192. The topological polar surface area (TPSA) is 122 Å². The van der Waals surface area contributed by atoms with E-state index < -0.39 is 40.8 Å². The largest absolute Gasteiger partial charge is 0.448 e. The van der Waals surface area contributed by atoms with Crippen molar-refractivity contribution < 1.29 is 24.0 Å². The summed E-state index contributed by atoms with van der Waals surface area (Å²) in [6, 6.07) is 48.2. The highest BCUT2D eigenvalue weighted by Crippen LogP contribution is 2.43. The van der Waals surface area contributed by atoms with Crippen molar-refractivity contribution in [1.82, 2.24) is 15.2 Å². The molecule has 1 aromatic heterocycles. The number of nitrogens with one attached hydrogen (secondary N) is 2. The minimum atomic E-state index is -0.967. The zero-order valence-electron chi connectivity index (χ0n) is 32.5. The third-order valence-corrected chi connectivity index (χ3v) is 13.3. The molecule has 0 bridgehead atoms. The molecule has 13 heteroatoms. The molecule has 0 radical (unpaired) electrons. The van der Waals surface area contributed by atoms with Crippen molar-refractivity contribution in [2.75, 3.05) is 22.1 Å². The Hall–Kier alpha value is -6.21. The van der Waals surface area contributed by atoms with Gasteiger partial charge in [0.15, 0.2) is 23.6 Å². The number of anilines is 1. The van der Waals surface area contributed by atoms with Crippen LogP contribution in [0.2, 0.25) is 0 Å². The van der Waals surface area contributed by atoms with E-state index in [0.717, 1.165) is 33.4 Å². The molecule has 304 valence electrons. The molecule has 0 aliphatic carbocycles. The third-order valence-electron chi connectivity index (χ3n) is 10.3. The second-order valence-electron chi connectivity index (χ2n) is 14.0. The van der Waals surface area contributed by atoms with Crippen LogP contribution in [0.15, 0.2) is 173 Å². The molecule has 6 aromatic rings. The molecule has 2 aliphatic rings. The summed E-state index contributed by atoms with van der Waals surface area (Å²) in [5, 5.41) is 12.4. The average Bonchev–Trinajstić information content (AvgIpc) is 3.79. The highest BCUT2D eigenvalue weighted by atomic mass is 127. The summed E-state index contributed by atoms with van der Waals surface area (Å²) in [7, 11) is 0. The number of thioether (sulfide) groups is 1. The fourth-order valence-electron chi connectivity index (χ4n) is 7.45. The molecule has 10 nitrogen and oxygen atoms in total. The fourth-order valence-corrected chi connectivity index (χ4v) is 10.5. The van der Waals surface area contributed by atoms with E-state index in [9.17, 15) is 14.4 Å². The second kappa shape index (κ2) is 19.0. The maximum atomic E-state index is 14.2. The highest BCUT2D eigenvalue weighted by molar-refractivity contribution is 14.1. The maximum Gasteiger partial charge on any atom is 0.356 e. The number of thiazole rings is 1. The summed E-state index contributed by atoms with van der Waals surface area (Å²) >= 11 is 4.95. The van der Waals surface area contributed by atoms with Crippen molar-refractivity contribution in [3.05, 3.63) is 202 Å². The predicted molar refractivity (Wildman–Crippen MR) is 248 cm³/mol. The van der Waals surface area contributed by atoms with Crippen LogP contribution < -0.4 is 10.6 Å². The Kier molecular flexibility index (Phi) is 12.9. The molecular weight excluding hydrogens is 918 g/mol. The van der Waals surface area contributed by atoms with Crippen molar-refractivity contribution in [1.29, 1.82) is 0 Å². The number of oxime groups is 1. The SMILES string of the molecule is C#CCO/N=C(/C(=O)N[C@@H]1C(=O)N2C(C(=O)OC(c3ccccc3)c3ccccc3)=C(CI)CS[C@H]12)c1csc(NC(c2ccccc2)(c2ccccc2)c2ccccc2)n1. The number of carbonyl (C=O) groups excluding carboxylic acids is 3. The zero-order valence-corrected chi connectivity index (χ0v) is 36.3. The smallest absolute Gasteiger partial charge is 0.356 e. The first kappa shape index (κ1) is 41.5.